The van der Waals surface area contributed by atoms with Crippen LogP contribution >= 0.6 is 0 Å². The summed E-state index contributed by atoms with van der Waals surface area (Å²) in [5.41, 5.74) is -0.708. The van der Waals surface area contributed by atoms with Crippen molar-refractivity contribution in [3.05, 3.63) is 11.9 Å². The fourth-order valence-electron chi connectivity index (χ4n) is 0.776. The summed E-state index contributed by atoms with van der Waals surface area (Å²) in [6.45, 7) is 0. The molecule has 0 saturated carbocycles. The second-order valence-corrected chi connectivity index (χ2v) is 2.61. The quantitative estimate of drug-likeness (QED) is 0.789. The molecule has 0 aliphatic rings. The van der Waals surface area contributed by atoms with Crippen molar-refractivity contribution in [2.75, 3.05) is 0 Å². The predicted octanol–water partition coefficient (Wildman–Crippen LogP) is 0.546. The van der Waals surface area contributed by atoms with E-state index in [1.165, 1.54) is 7.05 Å². The maximum atomic E-state index is 12.9. The normalized spacial score (nSPS) is 14.0. The Hall–Kier alpha value is -1.60. The third kappa shape index (κ3) is 1.68. The molecule has 0 aliphatic carbocycles. The first-order valence-electron chi connectivity index (χ1n) is 3.47. The number of carbonyl (C=O) groups is 1. The summed E-state index contributed by atoms with van der Waals surface area (Å²) in [5.74, 6) is -7.02. The molecular weight excluding hydrogens is 203 g/mol. The number of carboxylic acids is 1. The van der Waals surface area contributed by atoms with Gasteiger partial charge < -0.3 is 5.11 Å². The molecule has 0 amide bonds. The molecule has 0 aliphatic heterocycles. The molecule has 0 bridgehead atoms. The number of rotatable bonds is 3. The van der Waals surface area contributed by atoms with Crippen LogP contribution in [0.25, 0.3) is 0 Å². The van der Waals surface area contributed by atoms with Gasteiger partial charge in [0.15, 0.2) is 0 Å². The van der Waals surface area contributed by atoms with Gasteiger partial charge in [0, 0.05) is 7.05 Å². The number of aliphatic carboxylic acids is 1. The summed E-state index contributed by atoms with van der Waals surface area (Å²) < 4.78 is 39.1. The van der Waals surface area contributed by atoms with E-state index in [9.17, 15) is 18.0 Å². The largest absolute Gasteiger partial charge is 0.477 e. The Morgan fingerprint density at radius 2 is 2.29 bits per heavy atom. The van der Waals surface area contributed by atoms with Crippen LogP contribution in [0.5, 0.6) is 0 Å². The molecule has 0 saturated heterocycles. The van der Waals surface area contributed by atoms with Crippen LogP contribution in [0.4, 0.5) is 13.2 Å². The zero-order valence-electron chi connectivity index (χ0n) is 6.99. The molecule has 1 rings (SSSR count). The third-order valence-electron chi connectivity index (χ3n) is 1.48. The number of halogens is 3. The van der Waals surface area contributed by atoms with Crippen LogP contribution in [0, 0.1) is 0 Å². The maximum Gasteiger partial charge on any atom is 0.378 e. The monoisotopic (exact) mass is 209 g/mol. The Morgan fingerprint density at radius 3 is 2.64 bits per heavy atom. The first kappa shape index (κ1) is 10.5. The Labute approximate surface area is 76.1 Å². The molecule has 1 atom stereocenters. The van der Waals surface area contributed by atoms with Crippen molar-refractivity contribution < 1.29 is 23.1 Å². The van der Waals surface area contributed by atoms with Gasteiger partial charge in [0.1, 0.15) is 5.69 Å². The standard InChI is InChI=1S/C6H6F3N3O2/c1-12-2-3(10-11-12)4(7)6(8,9)5(13)14/h2,4H,1H3,(H,13,14). The SMILES string of the molecule is Cn1cc(C(F)C(F)(F)C(=O)O)nn1. The lowest BCUT2D eigenvalue weighted by molar-refractivity contribution is -0.175. The number of carboxylic acid groups (broad SMARTS) is 1. The average molecular weight is 209 g/mol. The van der Waals surface area contributed by atoms with Crippen LogP contribution in [-0.2, 0) is 11.8 Å². The van der Waals surface area contributed by atoms with Gasteiger partial charge in [0.2, 0.25) is 6.17 Å². The Kier molecular flexibility index (Phi) is 2.45. The molecular formula is C6H6F3N3O2. The number of hydrogen-bond acceptors (Lipinski definition) is 3. The lowest BCUT2D eigenvalue weighted by atomic mass is 10.1. The molecule has 1 aromatic rings. The minimum Gasteiger partial charge on any atom is -0.477 e. The van der Waals surface area contributed by atoms with E-state index in [4.69, 9.17) is 5.11 Å². The van der Waals surface area contributed by atoms with Gasteiger partial charge in [-0.05, 0) is 0 Å². The Bertz CT molecular complexity index is 352. The van der Waals surface area contributed by atoms with Gasteiger partial charge in [-0.25, -0.2) is 9.18 Å². The second-order valence-electron chi connectivity index (χ2n) is 2.61. The van der Waals surface area contributed by atoms with Crippen molar-refractivity contribution in [3.63, 3.8) is 0 Å². The van der Waals surface area contributed by atoms with Gasteiger partial charge in [-0.2, -0.15) is 8.78 Å². The highest BCUT2D eigenvalue weighted by atomic mass is 19.3. The van der Waals surface area contributed by atoms with Gasteiger partial charge >= 0.3 is 11.9 Å². The van der Waals surface area contributed by atoms with E-state index in [0.717, 1.165) is 10.9 Å². The zero-order valence-corrected chi connectivity index (χ0v) is 6.99. The Balaban J connectivity index is 2.95. The van der Waals surface area contributed by atoms with Gasteiger partial charge in [-0.3, -0.25) is 4.68 Å². The van der Waals surface area contributed by atoms with Crippen molar-refractivity contribution >= 4 is 5.97 Å². The molecule has 1 unspecified atom stereocenters. The molecule has 1 heterocycles. The third-order valence-corrected chi connectivity index (χ3v) is 1.48. The highest BCUT2D eigenvalue weighted by Gasteiger charge is 2.50. The molecule has 0 fully saturated rings. The summed E-state index contributed by atoms with van der Waals surface area (Å²) in [7, 11) is 1.35. The molecule has 0 radical (unpaired) electrons. The van der Waals surface area contributed by atoms with Gasteiger partial charge in [0.05, 0.1) is 6.20 Å². The number of hydrogen-bond donors (Lipinski definition) is 1. The topological polar surface area (TPSA) is 68.0 Å². The van der Waals surface area contributed by atoms with E-state index in [0.29, 0.717) is 0 Å². The van der Waals surface area contributed by atoms with Crippen LogP contribution in [0.1, 0.15) is 11.9 Å². The molecule has 1 N–H and O–H groups in total. The second kappa shape index (κ2) is 3.28. The van der Waals surface area contributed by atoms with Crippen LogP contribution in [0.2, 0.25) is 0 Å². The van der Waals surface area contributed by atoms with Crippen LogP contribution in [0.3, 0.4) is 0 Å². The van der Waals surface area contributed by atoms with Crippen molar-refractivity contribution in [2.24, 2.45) is 7.05 Å². The van der Waals surface area contributed by atoms with E-state index >= 15 is 0 Å². The van der Waals surface area contributed by atoms with E-state index in [1.54, 1.807) is 0 Å². The highest BCUT2D eigenvalue weighted by Crippen LogP contribution is 2.33. The fourth-order valence-corrected chi connectivity index (χ4v) is 0.776. The zero-order chi connectivity index (χ0) is 10.9. The van der Waals surface area contributed by atoms with E-state index < -0.39 is 23.8 Å². The van der Waals surface area contributed by atoms with E-state index in [1.807, 2.05) is 0 Å². The fraction of sp³-hybridized carbons (Fsp3) is 0.500. The minimum absolute atomic E-state index is 0.708. The summed E-state index contributed by atoms with van der Waals surface area (Å²) in [4.78, 5) is 10.00. The maximum absolute atomic E-state index is 12.9. The number of nitrogens with zero attached hydrogens (tertiary/aromatic N) is 3. The minimum atomic E-state index is -4.49. The van der Waals surface area contributed by atoms with Crippen LogP contribution in [-0.4, -0.2) is 32.0 Å². The summed E-state index contributed by atoms with van der Waals surface area (Å²) >= 11 is 0. The summed E-state index contributed by atoms with van der Waals surface area (Å²) in [6.07, 6.45) is -2.10. The van der Waals surface area contributed by atoms with E-state index in [2.05, 4.69) is 10.3 Å². The van der Waals surface area contributed by atoms with Crippen molar-refractivity contribution in [3.8, 4) is 0 Å². The predicted molar refractivity (Wildman–Crippen MR) is 37.4 cm³/mol. The van der Waals surface area contributed by atoms with Gasteiger partial charge in [-0.15, -0.1) is 5.10 Å². The smallest absolute Gasteiger partial charge is 0.378 e. The van der Waals surface area contributed by atoms with E-state index in [-0.39, 0.29) is 0 Å². The average Bonchev–Trinajstić information content (AvgIpc) is 2.50. The first-order valence-corrected chi connectivity index (χ1v) is 3.47. The molecule has 0 spiro atoms. The number of aromatic nitrogens is 3. The molecule has 0 aromatic carbocycles. The molecule has 5 nitrogen and oxygen atoms in total. The first-order chi connectivity index (χ1) is 6.35. The van der Waals surface area contributed by atoms with Crippen LogP contribution in [0.15, 0.2) is 6.20 Å². The highest BCUT2D eigenvalue weighted by molar-refractivity contribution is 5.76. The molecule has 78 valence electrons. The van der Waals surface area contributed by atoms with Crippen LogP contribution < -0.4 is 0 Å². The lowest BCUT2D eigenvalue weighted by Gasteiger charge is -2.13. The van der Waals surface area contributed by atoms with Gasteiger partial charge in [-0.1, -0.05) is 5.21 Å². The summed E-state index contributed by atoms with van der Waals surface area (Å²) in [6, 6.07) is 0. The van der Waals surface area contributed by atoms with Gasteiger partial charge in [0.25, 0.3) is 0 Å². The number of alkyl halides is 3. The number of aryl methyl sites for hydroxylation is 1. The Morgan fingerprint density at radius 1 is 1.71 bits per heavy atom. The van der Waals surface area contributed by atoms with Crippen molar-refractivity contribution in [1.29, 1.82) is 0 Å². The molecule has 8 heteroatoms. The molecule has 1 aromatic heterocycles. The van der Waals surface area contributed by atoms with Crippen molar-refractivity contribution in [1.82, 2.24) is 15.0 Å². The van der Waals surface area contributed by atoms with Crippen molar-refractivity contribution in [2.45, 2.75) is 12.1 Å². The summed E-state index contributed by atoms with van der Waals surface area (Å²) in [5, 5.41) is 14.3. The lowest BCUT2D eigenvalue weighted by Crippen LogP contribution is -2.33. The molecule has 14 heavy (non-hydrogen) atoms.